The molecule has 0 fully saturated rings. The third-order valence-corrected chi connectivity index (χ3v) is 5.51. The number of hydrogen-bond acceptors (Lipinski definition) is 5. The van der Waals surface area contributed by atoms with Gasteiger partial charge in [-0.1, -0.05) is 36.0 Å². The summed E-state index contributed by atoms with van der Waals surface area (Å²) in [6, 6.07) is 13.2. The SMILES string of the molecule is C[C@@H]1CC(=O)Nc2ccccc2N1C(=O)CSc1nncn1-c1ccccc1F. The molecule has 0 unspecified atom stereocenters. The average Bonchev–Trinajstić information content (AvgIpc) is 3.11. The van der Waals surface area contributed by atoms with Gasteiger partial charge >= 0.3 is 0 Å². The van der Waals surface area contributed by atoms with Crippen LogP contribution in [0.3, 0.4) is 0 Å². The second-order valence-electron chi connectivity index (χ2n) is 6.61. The van der Waals surface area contributed by atoms with Crippen molar-refractivity contribution >= 4 is 35.0 Å². The van der Waals surface area contributed by atoms with Crippen LogP contribution >= 0.6 is 11.8 Å². The minimum atomic E-state index is -0.403. The quantitative estimate of drug-likeness (QED) is 0.667. The molecule has 29 heavy (non-hydrogen) atoms. The summed E-state index contributed by atoms with van der Waals surface area (Å²) in [6.45, 7) is 1.84. The van der Waals surface area contributed by atoms with Crippen LogP contribution in [0.15, 0.2) is 60.0 Å². The Labute approximate surface area is 170 Å². The maximum absolute atomic E-state index is 14.1. The third kappa shape index (κ3) is 3.86. The molecule has 1 atom stereocenters. The smallest absolute Gasteiger partial charge is 0.237 e. The molecule has 0 spiro atoms. The molecule has 2 aromatic carbocycles. The number of rotatable bonds is 4. The van der Waals surface area contributed by atoms with E-state index in [2.05, 4.69) is 15.5 Å². The van der Waals surface area contributed by atoms with Gasteiger partial charge in [0.15, 0.2) is 5.16 Å². The molecule has 2 amide bonds. The van der Waals surface area contributed by atoms with E-state index in [0.717, 1.165) is 0 Å². The van der Waals surface area contributed by atoms with Gasteiger partial charge in [-0.2, -0.15) is 0 Å². The number of fused-ring (bicyclic) bond motifs is 1. The molecule has 148 valence electrons. The number of hydrogen-bond donors (Lipinski definition) is 1. The Morgan fingerprint density at radius 2 is 1.93 bits per heavy atom. The highest BCUT2D eigenvalue weighted by Gasteiger charge is 2.29. The summed E-state index contributed by atoms with van der Waals surface area (Å²) in [7, 11) is 0. The zero-order valence-electron chi connectivity index (χ0n) is 15.6. The number of nitrogens with zero attached hydrogens (tertiary/aromatic N) is 4. The number of amides is 2. The summed E-state index contributed by atoms with van der Waals surface area (Å²) in [4.78, 5) is 26.8. The number of halogens is 1. The molecule has 1 aliphatic heterocycles. The van der Waals surface area contributed by atoms with Crippen LogP contribution in [0.1, 0.15) is 13.3 Å². The second-order valence-corrected chi connectivity index (χ2v) is 7.55. The van der Waals surface area contributed by atoms with Gasteiger partial charge in [0, 0.05) is 12.5 Å². The van der Waals surface area contributed by atoms with Gasteiger partial charge in [-0.15, -0.1) is 10.2 Å². The van der Waals surface area contributed by atoms with E-state index in [4.69, 9.17) is 0 Å². The minimum absolute atomic E-state index is 0.0695. The van der Waals surface area contributed by atoms with Gasteiger partial charge in [-0.05, 0) is 31.2 Å². The minimum Gasteiger partial charge on any atom is -0.324 e. The van der Waals surface area contributed by atoms with Gasteiger partial charge in [-0.3, -0.25) is 14.2 Å². The van der Waals surface area contributed by atoms with E-state index in [1.807, 2.05) is 25.1 Å². The van der Waals surface area contributed by atoms with Crippen LogP contribution < -0.4 is 10.2 Å². The maximum atomic E-state index is 14.1. The molecule has 0 aliphatic carbocycles. The van der Waals surface area contributed by atoms with E-state index < -0.39 is 5.82 Å². The summed E-state index contributed by atoms with van der Waals surface area (Å²) in [6.07, 6.45) is 1.62. The van der Waals surface area contributed by atoms with Gasteiger partial charge in [0.05, 0.1) is 22.8 Å². The predicted octanol–water partition coefficient (Wildman–Crippen LogP) is 3.26. The molecular weight excluding hydrogens is 393 g/mol. The van der Waals surface area contributed by atoms with Crippen LogP contribution in [-0.2, 0) is 9.59 Å². The number of anilines is 2. The fourth-order valence-electron chi connectivity index (χ4n) is 3.30. The normalized spacial score (nSPS) is 16.1. The first-order chi connectivity index (χ1) is 14.0. The summed E-state index contributed by atoms with van der Waals surface area (Å²) < 4.78 is 15.6. The molecule has 0 saturated carbocycles. The first-order valence-corrected chi connectivity index (χ1v) is 10.0. The standard InChI is InChI=1S/C20H18FN5O2S/c1-13-10-18(27)23-15-7-3-5-9-17(15)26(13)19(28)11-29-20-24-22-12-25(20)16-8-4-2-6-14(16)21/h2-9,12-13H,10-11H2,1H3,(H,23,27)/t13-/m1/s1. The number of carbonyl (C=O) groups excluding carboxylic acids is 2. The Morgan fingerprint density at radius 3 is 2.72 bits per heavy atom. The molecule has 4 rings (SSSR count). The van der Waals surface area contributed by atoms with Crippen LogP contribution in [0, 0.1) is 5.82 Å². The number of para-hydroxylation sites is 3. The molecule has 9 heteroatoms. The molecule has 0 radical (unpaired) electrons. The zero-order chi connectivity index (χ0) is 20.4. The lowest BCUT2D eigenvalue weighted by Gasteiger charge is -2.27. The lowest BCUT2D eigenvalue weighted by molar-refractivity contribution is -0.117. The third-order valence-electron chi connectivity index (χ3n) is 4.58. The predicted molar refractivity (Wildman–Crippen MR) is 109 cm³/mol. The molecule has 3 aromatic rings. The molecule has 7 nitrogen and oxygen atoms in total. The molecule has 1 N–H and O–H groups in total. The van der Waals surface area contributed by atoms with E-state index in [0.29, 0.717) is 22.2 Å². The van der Waals surface area contributed by atoms with Crippen LogP contribution in [0.5, 0.6) is 0 Å². The first-order valence-electron chi connectivity index (χ1n) is 9.03. The van der Waals surface area contributed by atoms with Crippen LogP contribution in [0.25, 0.3) is 5.69 Å². The first kappa shape index (κ1) is 19.1. The number of thioether (sulfide) groups is 1. The monoisotopic (exact) mass is 411 g/mol. The van der Waals surface area contributed by atoms with Gasteiger partial charge in [0.2, 0.25) is 11.8 Å². The van der Waals surface area contributed by atoms with Gasteiger partial charge < -0.3 is 10.2 Å². The Kier molecular flexibility index (Phi) is 5.30. The Balaban J connectivity index is 1.56. The van der Waals surface area contributed by atoms with Gasteiger partial charge in [0.25, 0.3) is 0 Å². The summed E-state index contributed by atoms with van der Waals surface area (Å²) in [5, 5.41) is 11.1. The second kappa shape index (κ2) is 8.04. The number of aromatic nitrogens is 3. The summed E-state index contributed by atoms with van der Waals surface area (Å²) >= 11 is 1.17. The Morgan fingerprint density at radius 1 is 1.21 bits per heavy atom. The van der Waals surface area contributed by atoms with Crippen molar-refractivity contribution in [3.63, 3.8) is 0 Å². The van der Waals surface area contributed by atoms with Crippen LogP contribution in [0.4, 0.5) is 15.8 Å². The van der Waals surface area contributed by atoms with Crippen molar-refractivity contribution < 1.29 is 14.0 Å². The molecule has 2 heterocycles. The van der Waals surface area contributed by atoms with Crippen molar-refractivity contribution in [1.82, 2.24) is 14.8 Å². The van der Waals surface area contributed by atoms with Crippen LogP contribution in [-0.4, -0.2) is 38.4 Å². The topological polar surface area (TPSA) is 80.1 Å². The lowest BCUT2D eigenvalue weighted by atomic mass is 10.2. The number of benzene rings is 2. The number of nitrogens with one attached hydrogen (secondary N) is 1. The van der Waals surface area contributed by atoms with Crippen molar-refractivity contribution in [3.8, 4) is 5.69 Å². The summed E-state index contributed by atoms with van der Waals surface area (Å²) in [5.41, 5.74) is 1.58. The highest BCUT2D eigenvalue weighted by molar-refractivity contribution is 7.99. The van der Waals surface area contributed by atoms with Crippen LogP contribution in [0.2, 0.25) is 0 Å². The van der Waals surface area contributed by atoms with E-state index in [1.165, 1.54) is 28.7 Å². The highest BCUT2D eigenvalue weighted by Crippen LogP contribution is 2.32. The van der Waals surface area contributed by atoms with Gasteiger partial charge in [0.1, 0.15) is 12.1 Å². The van der Waals surface area contributed by atoms with E-state index in [9.17, 15) is 14.0 Å². The average molecular weight is 411 g/mol. The highest BCUT2D eigenvalue weighted by atomic mass is 32.2. The molecule has 1 aromatic heterocycles. The molecular formula is C20H18FN5O2S. The molecule has 0 saturated heterocycles. The molecule has 1 aliphatic rings. The summed E-state index contributed by atoms with van der Waals surface area (Å²) in [5.74, 6) is -0.637. The van der Waals surface area contributed by atoms with E-state index in [1.54, 1.807) is 29.2 Å². The van der Waals surface area contributed by atoms with Crippen molar-refractivity contribution in [2.45, 2.75) is 24.5 Å². The van der Waals surface area contributed by atoms with Crippen molar-refractivity contribution in [2.75, 3.05) is 16.0 Å². The largest absolute Gasteiger partial charge is 0.324 e. The molecule has 0 bridgehead atoms. The maximum Gasteiger partial charge on any atom is 0.237 e. The van der Waals surface area contributed by atoms with Gasteiger partial charge in [-0.25, -0.2) is 4.39 Å². The fourth-order valence-corrected chi connectivity index (χ4v) is 4.08. The van der Waals surface area contributed by atoms with Crippen molar-refractivity contribution in [1.29, 1.82) is 0 Å². The lowest BCUT2D eigenvalue weighted by Crippen LogP contribution is -2.40. The van der Waals surface area contributed by atoms with Crippen molar-refractivity contribution in [3.05, 3.63) is 60.7 Å². The fraction of sp³-hybridized carbons (Fsp3) is 0.200. The van der Waals surface area contributed by atoms with Crippen molar-refractivity contribution in [2.24, 2.45) is 0 Å². The Hall–Kier alpha value is -3.20. The number of carbonyl (C=O) groups is 2. The zero-order valence-corrected chi connectivity index (χ0v) is 16.4. The Bertz CT molecular complexity index is 1070. The van der Waals surface area contributed by atoms with E-state index >= 15 is 0 Å². The van der Waals surface area contributed by atoms with E-state index in [-0.39, 0.29) is 30.0 Å².